The summed E-state index contributed by atoms with van der Waals surface area (Å²) in [5, 5.41) is 12.7. The van der Waals surface area contributed by atoms with Crippen molar-refractivity contribution in [2.24, 2.45) is 0 Å². The van der Waals surface area contributed by atoms with E-state index in [2.05, 4.69) is 20.3 Å². The summed E-state index contributed by atoms with van der Waals surface area (Å²) in [7, 11) is 0. The van der Waals surface area contributed by atoms with Crippen LogP contribution in [0, 0.1) is 6.92 Å². The molecule has 1 atom stereocenters. The second kappa shape index (κ2) is 7.10. The molecular weight excluding hydrogens is 373 g/mol. The van der Waals surface area contributed by atoms with Crippen molar-refractivity contribution >= 4 is 5.82 Å². The number of aromatic nitrogens is 5. The van der Waals surface area contributed by atoms with Crippen molar-refractivity contribution in [2.45, 2.75) is 25.6 Å². The van der Waals surface area contributed by atoms with Crippen LogP contribution in [0.3, 0.4) is 0 Å². The lowest BCUT2D eigenvalue weighted by Crippen LogP contribution is -2.25. The first-order chi connectivity index (χ1) is 13.4. The topological polar surface area (TPSA) is 69.0 Å². The van der Waals surface area contributed by atoms with Gasteiger partial charge in [0.2, 0.25) is 5.88 Å². The number of rotatable bonds is 4. The minimum absolute atomic E-state index is 0.176. The van der Waals surface area contributed by atoms with Crippen LogP contribution in [0.15, 0.2) is 42.7 Å². The van der Waals surface area contributed by atoms with Gasteiger partial charge in [0.15, 0.2) is 11.6 Å². The van der Waals surface area contributed by atoms with Crippen molar-refractivity contribution in [3.8, 4) is 11.7 Å². The van der Waals surface area contributed by atoms with Crippen LogP contribution in [0.2, 0.25) is 0 Å². The number of pyridine rings is 1. The van der Waals surface area contributed by atoms with Crippen LogP contribution >= 0.6 is 0 Å². The van der Waals surface area contributed by atoms with E-state index in [-0.39, 0.29) is 12.0 Å². The van der Waals surface area contributed by atoms with Crippen LogP contribution in [0.4, 0.5) is 19.0 Å². The zero-order chi connectivity index (χ0) is 19.7. The van der Waals surface area contributed by atoms with Crippen molar-refractivity contribution < 1.29 is 17.9 Å². The van der Waals surface area contributed by atoms with Gasteiger partial charge in [0.25, 0.3) is 0 Å². The predicted octanol–water partition coefficient (Wildman–Crippen LogP) is 3.04. The average Bonchev–Trinajstić information content (AvgIpc) is 3.31. The fourth-order valence-electron chi connectivity index (χ4n) is 2.97. The molecule has 7 nitrogen and oxygen atoms in total. The van der Waals surface area contributed by atoms with Gasteiger partial charge in [-0.1, -0.05) is 0 Å². The minimum Gasteiger partial charge on any atom is -0.472 e. The third kappa shape index (κ3) is 3.90. The number of anilines is 1. The van der Waals surface area contributed by atoms with Gasteiger partial charge in [-0.15, -0.1) is 10.2 Å². The normalized spacial score (nSPS) is 17.1. The van der Waals surface area contributed by atoms with E-state index in [0.717, 1.165) is 18.0 Å². The van der Waals surface area contributed by atoms with Crippen molar-refractivity contribution in [2.75, 3.05) is 18.0 Å². The van der Waals surface area contributed by atoms with E-state index < -0.39 is 11.7 Å². The zero-order valence-corrected chi connectivity index (χ0v) is 15.0. The second-order valence-corrected chi connectivity index (χ2v) is 6.51. The third-order valence-electron chi connectivity index (χ3n) is 4.41. The summed E-state index contributed by atoms with van der Waals surface area (Å²) in [6.45, 7) is 3.16. The molecule has 1 aliphatic heterocycles. The van der Waals surface area contributed by atoms with E-state index >= 15 is 0 Å². The molecule has 0 aromatic carbocycles. The number of hydrogen-bond acceptors (Lipinski definition) is 6. The largest absolute Gasteiger partial charge is 0.472 e. The number of hydrogen-bond donors (Lipinski definition) is 0. The van der Waals surface area contributed by atoms with Crippen LogP contribution < -0.4 is 9.64 Å². The standard InChI is InChI=1S/C18H17F3N6O/c1-12-6-9-27(25-12)16-4-3-15(23-24-16)26-8-7-14(11-26)28-17-5-2-13(10-22-17)18(19,20)21/h2-6,9-10,14H,7-8,11H2,1H3. The highest BCUT2D eigenvalue weighted by Gasteiger charge is 2.31. The summed E-state index contributed by atoms with van der Waals surface area (Å²) in [4.78, 5) is 5.77. The Morgan fingerprint density at radius 3 is 2.46 bits per heavy atom. The van der Waals surface area contributed by atoms with Gasteiger partial charge in [-0.25, -0.2) is 9.67 Å². The van der Waals surface area contributed by atoms with Gasteiger partial charge in [-0.2, -0.15) is 18.3 Å². The second-order valence-electron chi connectivity index (χ2n) is 6.51. The average molecular weight is 390 g/mol. The summed E-state index contributed by atoms with van der Waals surface area (Å²) in [5.74, 6) is 1.51. The van der Waals surface area contributed by atoms with E-state index in [1.807, 2.05) is 36.2 Å². The van der Waals surface area contributed by atoms with E-state index in [9.17, 15) is 13.2 Å². The van der Waals surface area contributed by atoms with E-state index in [4.69, 9.17) is 4.74 Å². The van der Waals surface area contributed by atoms with Gasteiger partial charge in [-0.3, -0.25) is 0 Å². The molecule has 1 unspecified atom stereocenters. The molecule has 0 saturated carbocycles. The van der Waals surface area contributed by atoms with E-state index in [1.54, 1.807) is 4.68 Å². The Bertz CT molecular complexity index is 939. The van der Waals surface area contributed by atoms with Gasteiger partial charge in [0.1, 0.15) is 6.10 Å². The lowest BCUT2D eigenvalue weighted by Gasteiger charge is -2.17. The molecule has 146 valence electrons. The maximum Gasteiger partial charge on any atom is 0.417 e. The number of aryl methyl sites for hydroxylation is 1. The Labute approximate surface area is 158 Å². The summed E-state index contributed by atoms with van der Waals surface area (Å²) in [6.07, 6.45) is -1.28. The first-order valence-electron chi connectivity index (χ1n) is 8.70. The molecule has 0 aliphatic carbocycles. The number of nitrogens with zero attached hydrogens (tertiary/aromatic N) is 6. The molecule has 28 heavy (non-hydrogen) atoms. The minimum atomic E-state index is -4.41. The van der Waals surface area contributed by atoms with Crippen molar-refractivity contribution in [3.63, 3.8) is 0 Å². The molecule has 10 heteroatoms. The molecule has 1 saturated heterocycles. The van der Waals surface area contributed by atoms with Crippen LogP contribution in [-0.4, -0.2) is 44.2 Å². The highest BCUT2D eigenvalue weighted by atomic mass is 19.4. The lowest BCUT2D eigenvalue weighted by atomic mass is 10.3. The Hall–Kier alpha value is -3.17. The van der Waals surface area contributed by atoms with Gasteiger partial charge in [-0.05, 0) is 31.2 Å². The molecule has 0 spiro atoms. The van der Waals surface area contributed by atoms with Crippen molar-refractivity contribution in [3.05, 3.63) is 54.0 Å². The number of halogens is 3. The Morgan fingerprint density at radius 2 is 1.86 bits per heavy atom. The molecule has 3 aromatic heterocycles. The van der Waals surface area contributed by atoms with Gasteiger partial charge in [0, 0.05) is 31.4 Å². The van der Waals surface area contributed by atoms with Crippen LogP contribution in [0.25, 0.3) is 5.82 Å². The van der Waals surface area contributed by atoms with Crippen LogP contribution in [-0.2, 0) is 6.18 Å². The van der Waals surface area contributed by atoms with Crippen LogP contribution in [0.1, 0.15) is 17.7 Å². The zero-order valence-electron chi connectivity index (χ0n) is 15.0. The smallest absolute Gasteiger partial charge is 0.417 e. The molecule has 1 fully saturated rings. The molecule has 1 aliphatic rings. The summed E-state index contributed by atoms with van der Waals surface area (Å²) < 4.78 is 45.1. The molecular formula is C18H17F3N6O. The fraction of sp³-hybridized carbons (Fsp3) is 0.333. The predicted molar refractivity (Wildman–Crippen MR) is 94.4 cm³/mol. The molecule has 4 heterocycles. The molecule has 0 bridgehead atoms. The first kappa shape index (κ1) is 18.2. The lowest BCUT2D eigenvalue weighted by molar-refractivity contribution is -0.137. The highest BCUT2D eigenvalue weighted by Crippen LogP contribution is 2.29. The van der Waals surface area contributed by atoms with Gasteiger partial charge in [0.05, 0.1) is 17.8 Å². The maximum atomic E-state index is 12.6. The molecule has 0 radical (unpaired) electrons. The van der Waals surface area contributed by atoms with Crippen molar-refractivity contribution in [1.29, 1.82) is 0 Å². The Morgan fingerprint density at radius 1 is 1.07 bits per heavy atom. The highest BCUT2D eigenvalue weighted by molar-refractivity contribution is 5.41. The first-order valence-corrected chi connectivity index (χ1v) is 8.70. The monoisotopic (exact) mass is 390 g/mol. The molecule has 3 aromatic rings. The van der Waals surface area contributed by atoms with Gasteiger partial charge < -0.3 is 9.64 Å². The van der Waals surface area contributed by atoms with E-state index in [0.29, 0.717) is 31.1 Å². The summed E-state index contributed by atoms with van der Waals surface area (Å²) in [5.41, 5.74) is 0.0953. The van der Waals surface area contributed by atoms with Crippen LogP contribution in [0.5, 0.6) is 5.88 Å². The maximum absolute atomic E-state index is 12.6. The number of ether oxygens (including phenoxy) is 1. The van der Waals surface area contributed by atoms with Gasteiger partial charge >= 0.3 is 6.18 Å². The SMILES string of the molecule is Cc1ccn(-c2ccc(N3CCC(Oc4ccc(C(F)(F)F)cn4)C3)nn2)n1. The Balaban J connectivity index is 1.37. The number of alkyl halides is 3. The quantitative estimate of drug-likeness (QED) is 0.682. The molecule has 4 rings (SSSR count). The Kier molecular flexibility index (Phi) is 4.62. The molecule has 0 amide bonds. The third-order valence-corrected chi connectivity index (χ3v) is 4.41. The van der Waals surface area contributed by atoms with E-state index in [1.165, 1.54) is 6.07 Å². The van der Waals surface area contributed by atoms with Crippen molar-refractivity contribution in [1.82, 2.24) is 25.0 Å². The molecule has 0 N–H and O–H groups in total. The summed E-state index contributed by atoms with van der Waals surface area (Å²) >= 11 is 0. The summed E-state index contributed by atoms with van der Waals surface area (Å²) in [6, 6.07) is 7.79. The fourth-order valence-corrected chi connectivity index (χ4v) is 2.97.